The average molecular weight is 251 g/mol. The standard InChI is InChI=1S/C15H13N3O/c1-10-2-4-11(5-3-10)15(19)18-12-6-7-13-14(8-12)17-9-16-13/h2-9H,1H3,(H,16,17)(H,18,19). The Morgan fingerprint density at radius 2 is 1.95 bits per heavy atom. The molecule has 4 heteroatoms. The van der Waals surface area contributed by atoms with Crippen LogP contribution in [0.2, 0.25) is 0 Å². The molecule has 0 unspecified atom stereocenters. The quantitative estimate of drug-likeness (QED) is 0.735. The molecule has 0 fully saturated rings. The number of aromatic amines is 1. The van der Waals surface area contributed by atoms with Crippen LogP contribution in [0, 0.1) is 6.92 Å². The maximum absolute atomic E-state index is 12.1. The summed E-state index contributed by atoms with van der Waals surface area (Å²) in [5, 5.41) is 2.87. The van der Waals surface area contributed by atoms with Crippen LogP contribution in [0.3, 0.4) is 0 Å². The van der Waals surface area contributed by atoms with Gasteiger partial charge in [0.1, 0.15) is 0 Å². The van der Waals surface area contributed by atoms with Crippen molar-refractivity contribution in [1.29, 1.82) is 0 Å². The fourth-order valence-electron chi connectivity index (χ4n) is 1.92. The van der Waals surface area contributed by atoms with Crippen molar-refractivity contribution in [3.63, 3.8) is 0 Å². The minimum absolute atomic E-state index is 0.112. The third-order valence-electron chi connectivity index (χ3n) is 2.99. The van der Waals surface area contributed by atoms with Gasteiger partial charge in [0.15, 0.2) is 0 Å². The number of rotatable bonds is 2. The summed E-state index contributed by atoms with van der Waals surface area (Å²) >= 11 is 0. The van der Waals surface area contributed by atoms with E-state index in [0.29, 0.717) is 5.56 Å². The van der Waals surface area contributed by atoms with Gasteiger partial charge in [-0.1, -0.05) is 17.7 Å². The summed E-state index contributed by atoms with van der Waals surface area (Å²) in [6, 6.07) is 13.1. The smallest absolute Gasteiger partial charge is 0.255 e. The average Bonchev–Trinajstić information content (AvgIpc) is 2.87. The normalized spacial score (nSPS) is 10.6. The van der Waals surface area contributed by atoms with Crippen molar-refractivity contribution < 1.29 is 4.79 Å². The molecule has 19 heavy (non-hydrogen) atoms. The van der Waals surface area contributed by atoms with Gasteiger partial charge in [-0.2, -0.15) is 0 Å². The van der Waals surface area contributed by atoms with Crippen molar-refractivity contribution in [1.82, 2.24) is 9.97 Å². The largest absolute Gasteiger partial charge is 0.345 e. The summed E-state index contributed by atoms with van der Waals surface area (Å²) in [5.74, 6) is -0.112. The molecular weight excluding hydrogens is 238 g/mol. The van der Waals surface area contributed by atoms with Crippen molar-refractivity contribution in [2.24, 2.45) is 0 Å². The highest BCUT2D eigenvalue weighted by molar-refractivity contribution is 6.04. The fourth-order valence-corrected chi connectivity index (χ4v) is 1.92. The first-order valence-corrected chi connectivity index (χ1v) is 6.03. The van der Waals surface area contributed by atoms with Crippen LogP contribution < -0.4 is 5.32 Å². The number of fused-ring (bicyclic) bond motifs is 1. The van der Waals surface area contributed by atoms with E-state index in [1.807, 2.05) is 49.4 Å². The number of amides is 1. The molecule has 1 amide bonds. The fraction of sp³-hybridized carbons (Fsp3) is 0.0667. The van der Waals surface area contributed by atoms with Gasteiger partial charge >= 0.3 is 0 Å². The molecule has 0 saturated heterocycles. The Kier molecular flexibility index (Phi) is 2.76. The number of hydrogen-bond acceptors (Lipinski definition) is 2. The number of anilines is 1. The molecule has 0 spiro atoms. The van der Waals surface area contributed by atoms with Gasteiger partial charge in [0, 0.05) is 11.3 Å². The van der Waals surface area contributed by atoms with Crippen LogP contribution in [0.15, 0.2) is 48.8 Å². The summed E-state index contributed by atoms with van der Waals surface area (Å²) in [7, 11) is 0. The number of aromatic nitrogens is 2. The highest BCUT2D eigenvalue weighted by atomic mass is 16.1. The molecule has 0 aliphatic heterocycles. The van der Waals surface area contributed by atoms with E-state index >= 15 is 0 Å². The molecule has 1 heterocycles. The molecule has 0 atom stereocenters. The van der Waals surface area contributed by atoms with Gasteiger partial charge in [0.25, 0.3) is 5.91 Å². The van der Waals surface area contributed by atoms with Gasteiger partial charge in [-0.05, 0) is 37.3 Å². The molecule has 3 rings (SSSR count). The number of hydrogen-bond donors (Lipinski definition) is 2. The van der Waals surface area contributed by atoms with Crippen LogP contribution in [0.5, 0.6) is 0 Å². The third kappa shape index (κ3) is 2.33. The number of aryl methyl sites for hydroxylation is 1. The molecule has 2 N–H and O–H groups in total. The van der Waals surface area contributed by atoms with E-state index in [0.717, 1.165) is 22.3 Å². The molecule has 94 valence electrons. The molecular formula is C15H13N3O. The first-order chi connectivity index (χ1) is 9.22. The lowest BCUT2D eigenvalue weighted by molar-refractivity contribution is 0.102. The van der Waals surface area contributed by atoms with E-state index in [1.165, 1.54) is 0 Å². The topological polar surface area (TPSA) is 57.8 Å². The van der Waals surface area contributed by atoms with Gasteiger partial charge < -0.3 is 10.3 Å². The maximum Gasteiger partial charge on any atom is 0.255 e. The number of nitrogens with one attached hydrogen (secondary N) is 2. The number of nitrogens with zero attached hydrogens (tertiary/aromatic N) is 1. The predicted octanol–water partition coefficient (Wildman–Crippen LogP) is 3.12. The zero-order chi connectivity index (χ0) is 13.2. The van der Waals surface area contributed by atoms with Crippen LogP contribution >= 0.6 is 0 Å². The second-order valence-electron chi connectivity index (χ2n) is 4.45. The van der Waals surface area contributed by atoms with Crippen LogP contribution in [0.1, 0.15) is 15.9 Å². The highest BCUT2D eigenvalue weighted by Crippen LogP contribution is 2.16. The van der Waals surface area contributed by atoms with Crippen molar-refractivity contribution in [3.05, 3.63) is 59.9 Å². The minimum atomic E-state index is -0.112. The van der Waals surface area contributed by atoms with Crippen molar-refractivity contribution >= 4 is 22.6 Å². The van der Waals surface area contributed by atoms with E-state index in [9.17, 15) is 4.79 Å². The predicted molar refractivity (Wildman–Crippen MR) is 75.2 cm³/mol. The number of benzene rings is 2. The second-order valence-corrected chi connectivity index (χ2v) is 4.45. The summed E-state index contributed by atoms with van der Waals surface area (Å²) in [6.45, 7) is 1.99. The lowest BCUT2D eigenvalue weighted by Crippen LogP contribution is -2.11. The Labute approximate surface area is 110 Å². The van der Waals surface area contributed by atoms with Crippen molar-refractivity contribution in [2.75, 3.05) is 5.32 Å². The second kappa shape index (κ2) is 4.57. The molecule has 3 aromatic rings. The maximum atomic E-state index is 12.1. The van der Waals surface area contributed by atoms with Crippen LogP contribution in [0.25, 0.3) is 11.0 Å². The van der Waals surface area contributed by atoms with E-state index in [4.69, 9.17) is 0 Å². The molecule has 0 bridgehead atoms. The molecule has 1 aromatic heterocycles. The molecule has 0 aliphatic carbocycles. The molecule has 0 saturated carbocycles. The van der Waals surface area contributed by atoms with E-state index < -0.39 is 0 Å². The lowest BCUT2D eigenvalue weighted by atomic mass is 10.1. The van der Waals surface area contributed by atoms with Crippen LogP contribution in [-0.4, -0.2) is 15.9 Å². The van der Waals surface area contributed by atoms with Crippen LogP contribution in [0.4, 0.5) is 5.69 Å². The van der Waals surface area contributed by atoms with Gasteiger partial charge in [-0.3, -0.25) is 4.79 Å². The Bertz CT molecular complexity index is 728. The summed E-state index contributed by atoms with van der Waals surface area (Å²) in [4.78, 5) is 19.2. The number of carbonyl (C=O) groups excluding carboxylic acids is 1. The van der Waals surface area contributed by atoms with E-state index in [1.54, 1.807) is 6.33 Å². The van der Waals surface area contributed by atoms with Gasteiger partial charge in [-0.25, -0.2) is 4.98 Å². The van der Waals surface area contributed by atoms with Gasteiger partial charge in [-0.15, -0.1) is 0 Å². The molecule has 4 nitrogen and oxygen atoms in total. The Hall–Kier alpha value is -2.62. The van der Waals surface area contributed by atoms with E-state index in [2.05, 4.69) is 15.3 Å². The van der Waals surface area contributed by atoms with E-state index in [-0.39, 0.29) is 5.91 Å². The van der Waals surface area contributed by atoms with Gasteiger partial charge in [0.05, 0.1) is 17.4 Å². The lowest BCUT2D eigenvalue weighted by Gasteiger charge is -2.05. The zero-order valence-corrected chi connectivity index (χ0v) is 10.5. The summed E-state index contributed by atoms with van der Waals surface area (Å²) in [5.41, 5.74) is 4.32. The van der Waals surface area contributed by atoms with Crippen LogP contribution in [-0.2, 0) is 0 Å². The first-order valence-electron chi connectivity index (χ1n) is 6.03. The SMILES string of the molecule is Cc1ccc(C(=O)Nc2ccc3nc[nH]c3c2)cc1. The highest BCUT2D eigenvalue weighted by Gasteiger charge is 2.06. The first kappa shape index (κ1) is 11.5. The zero-order valence-electron chi connectivity index (χ0n) is 10.5. The number of imidazole rings is 1. The van der Waals surface area contributed by atoms with Crippen molar-refractivity contribution in [3.8, 4) is 0 Å². The Morgan fingerprint density at radius 3 is 2.74 bits per heavy atom. The molecule has 2 aromatic carbocycles. The monoisotopic (exact) mass is 251 g/mol. The Morgan fingerprint density at radius 1 is 1.16 bits per heavy atom. The third-order valence-corrected chi connectivity index (χ3v) is 2.99. The minimum Gasteiger partial charge on any atom is -0.345 e. The van der Waals surface area contributed by atoms with Crippen molar-refractivity contribution in [2.45, 2.75) is 6.92 Å². The Balaban J connectivity index is 1.83. The summed E-state index contributed by atoms with van der Waals surface area (Å²) < 4.78 is 0. The number of carbonyl (C=O) groups is 1. The van der Waals surface area contributed by atoms with Gasteiger partial charge in [0.2, 0.25) is 0 Å². The summed E-state index contributed by atoms with van der Waals surface area (Å²) in [6.07, 6.45) is 1.64. The molecule has 0 aliphatic rings. The number of H-pyrrole nitrogens is 1. The molecule has 0 radical (unpaired) electrons.